The number of carboxylic acids is 1. The van der Waals surface area contributed by atoms with Crippen LogP contribution in [0.3, 0.4) is 0 Å². The summed E-state index contributed by atoms with van der Waals surface area (Å²) in [6.45, 7) is 1.35. The van der Waals surface area contributed by atoms with Crippen molar-refractivity contribution in [2.24, 2.45) is 0 Å². The summed E-state index contributed by atoms with van der Waals surface area (Å²) in [6, 6.07) is 28.4. The molecule has 0 spiro atoms. The third kappa shape index (κ3) is 8.89. The van der Waals surface area contributed by atoms with Crippen LogP contribution < -0.4 is 10.1 Å². The van der Waals surface area contributed by atoms with Crippen molar-refractivity contribution in [2.75, 3.05) is 19.7 Å². The van der Waals surface area contributed by atoms with Crippen molar-refractivity contribution in [3.8, 4) is 5.75 Å². The van der Waals surface area contributed by atoms with Crippen molar-refractivity contribution in [1.29, 1.82) is 0 Å². The Morgan fingerprint density at radius 3 is 2.05 bits per heavy atom. The first-order valence-corrected chi connectivity index (χ1v) is 14.1. The van der Waals surface area contributed by atoms with E-state index >= 15 is 0 Å². The second kappa shape index (κ2) is 15.5. The standard InChI is InChI=1S/C33H30Cl2F3NO3.ClH/c34-28-19-23(20-30(40)41)15-16-29(28)42-18-8-17-39-22-32(25-10-3-1-4-11-25,26-12-5-2-6-13-26)21-24-9-7-14-27(31(24)35)33(36,37)38;/h1-7,9-16,19,39H,8,17-18,20-22H2,(H,40,41);1H. The Morgan fingerprint density at radius 1 is 0.860 bits per heavy atom. The van der Waals surface area contributed by atoms with Crippen molar-refractivity contribution >= 4 is 41.6 Å². The molecule has 0 aliphatic carbocycles. The van der Waals surface area contributed by atoms with Gasteiger partial charge in [-0.2, -0.15) is 13.2 Å². The first-order valence-electron chi connectivity index (χ1n) is 13.4. The van der Waals surface area contributed by atoms with Crippen molar-refractivity contribution < 1.29 is 27.8 Å². The van der Waals surface area contributed by atoms with Crippen molar-refractivity contribution in [3.63, 3.8) is 0 Å². The number of carbonyl (C=O) groups is 1. The molecular weight excluding hydrogens is 622 g/mol. The molecule has 2 N–H and O–H groups in total. The summed E-state index contributed by atoms with van der Waals surface area (Å²) < 4.78 is 46.9. The van der Waals surface area contributed by atoms with Gasteiger partial charge in [-0.15, -0.1) is 12.4 Å². The summed E-state index contributed by atoms with van der Waals surface area (Å²) >= 11 is 12.6. The van der Waals surface area contributed by atoms with Crippen LogP contribution in [0.15, 0.2) is 97.1 Å². The number of carboxylic acid groups (broad SMARTS) is 1. The summed E-state index contributed by atoms with van der Waals surface area (Å²) in [7, 11) is 0. The second-order valence-corrected chi connectivity index (χ2v) is 10.8. The molecule has 0 fully saturated rings. The summed E-state index contributed by atoms with van der Waals surface area (Å²) in [5.74, 6) is -0.476. The maximum absolute atomic E-state index is 13.7. The molecule has 0 saturated carbocycles. The van der Waals surface area contributed by atoms with E-state index in [-0.39, 0.29) is 30.3 Å². The Kier molecular flexibility index (Phi) is 12.3. The van der Waals surface area contributed by atoms with Crippen molar-refractivity contribution in [3.05, 3.63) is 135 Å². The molecule has 4 nitrogen and oxygen atoms in total. The number of ether oxygens (including phenoxy) is 1. The summed E-state index contributed by atoms with van der Waals surface area (Å²) in [4.78, 5) is 10.9. The van der Waals surface area contributed by atoms with Gasteiger partial charge in [0.2, 0.25) is 0 Å². The number of benzene rings is 4. The minimum absolute atomic E-state index is 0. The van der Waals surface area contributed by atoms with Gasteiger partial charge in [0.15, 0.2) is 0 Å². The number of halogens is 6. The van der Waals surface area contributed by atoms with Crippen molar-refractivity contribution in [2.45, 2.75) is 30.9 Å². The molecule has 0 aromatic heterocycles. The molecule has 0 aliphatic rings. The van der Waals surface area contributed by atoms with E-state index in [2.05, 4.69) is 5.32 Å². The molecule has 4 aromatic carbocycles. The third-order valence-electron chi connectivity index (χ3n) is 7.06. The fourth-order valence-corrected chi connectivity index (χ4v) is 5.60. The number of hydrogen-bond donors (Lipinski definition) is 2. The quantitative estimate of drug-likeness (QED) is 0.142. The fourth-order valence-electron chi connectivity index (χ4n) is 5.04. The van der Waals surface area contributed by atoms with Gasteiger partial charge in [-0.05, 0) is 59.8 Å². The van der Waals surface area contributed by atoms with Crippen LogP contribution in [0.5, 0.6) is 5.75 Å². The predicted molar refractivity (Wildman–Crippen MR) is 167 cm³/mol. The lowest BCUT2D eigenvalue weighted by molar-refractivity contribution is -0.138. The summed E-state index contributed by atoms with van der Waals surface area (Å²) in [5.41, 5.74) is 1.31. The summed E-state index contributed by atoms with van der Waals surface area (Å²) in [5, 5.41) is 12.5. The number of rotatable bonds is 13. The zero-order chi connectivity index (χ0) is 30.2. The SMILES string of the molecule is Cl.O=C(O)Cc1ccc(OCCCNCC(Cc2cccc(C(F)(F)F)c2Cl)(c2ccccc2)c2ccccc2)c(Cl)c1. The molecule has 10 heteroatoms. The Hall–Kier alpha value is -3.23. The molecule has 43 heavy (non-hydrogen) atoms. The molecule has 0 radical (unpaired) electrons. The first-order chi connectivity index (χ1) is 20.1. The topological polar surface area (TPSA) is 58.6 Å². The van der Waals surface area contributed by atoms with E-state index in [4.69, 9.17) is 33.0 Å². The van der Waals surface area contributed by atoms with Crippen LogP contribution in [0.4, 0.5) is 13.2 Å². The Morgan fingerprint density at radius 2 is 1.49 bits per heavy atom. The molecule has 0 saturated heterocycles. The average molecular weight is 653 g/mol. The number of alkyl halides is 3. The molecule has 0 amide bonds. The largest absolute Gasteiger partial charge is 0.492 e. The lowest BCUT2D eigenvalue weighted by Crippen LogP contribution is -2.42. The smallest absolute Gasteiger partial charge is 0.417 e. The monoisotopic (exact) mass is 651 g/mol. The number of aliphatic carboxylic acids is 1. The van der Waals surface area contributed by atoms with Crippen LogP contribution in [0.2, 0.25) is 10.0 Å². The van der Waals surface area contributed by atoms with E-state index in [1.54, 1.807) is 24.3 Å². The minimum Gasteiger partial charge on any atom is -0.492 e. The zero-order valence-electron chi connectivity index (χ0n) is 23.0. The van der Waals surface area contributed by atoms with Crippen LogP contribution in [-0.4, -0.2) is 30.8 Å². The van der Waals surface area contributed by atoms with Crippen LogP contribution in [0.1, 0.15) is 34.2 Å². The van der Waals surface area contributed by atoms with Gasteiger partial charge in [-0.3, -0.25) is 4.79 Å². The van der Waals surface area contributed by atoms with E-state index in [9.17, 15) is 18.0 Å². The van der Waals surface area contributed by atoms with E-state index in [1.165, 1.54) is 6.07 Å². The molecule has 0 heterocycles. The van der Waals surface area contributed by atoms with Gasteiger partial charge in [0.25, 0.3) is 0 Å². The summed E-state index contributed by atoms with van der Waals surface area (Å²) in [6.07, 6.45) is -3.82. The highest BCUT2D eigenvalue weighted by atomic mass is 35.5. The molecule has 228 valence electrons. The van der Waals surface area contributed by atoms with Crippen molar-refractivity contribution in [1.82, 2.24) is 5.32 Å². The van der Waals surface area contributed by atoms with Gasteiger partial charge in [-0.1, -0.05) is 102 Å². The highest BCUT2D eigenvalue weighted by molar-refractivity contribution is 6.32. The highest BCUT2D eigenvalue weighted by Gasteiger charge is 2.38. The molecule has 0 atom stereocenters. The van der Waals surface area contributed by atoms with E-state index < -0.39 is 23.1 Å². The minimum atomic E-state index is -4.56. The highest BCUT2D eigenvalue weighted by Crippen LogP contribution is 2.41. The molecular formula is C33H31Cl3F3NO3. The van der Waals surface area contributed by atoms with Crippen LogP contribution in [0, 0.1) is 0 Å². The number of hydrogen-bond acceptors (Lipinski definition) is 3. The lowest BCUT2D eigenvalue weighted by atomic mass is 9.70. The fraction of sp³-hybridized carbons (Fsp3) is 0.242. The van der Waals surface area contributed by atoms with Crippen LogP contribution in [0.25, 0.3) is 0 Å². The molecule has 0 bridgehead atoms. The molecule has 4 rings (SSSR count). The van der Waals surface area contributed by atoms with Crippen LogP contribution >= 0.6 is 35.6 Å². The van der Waals surface area contributed by atoms with Gasteiger partial charge in [0.1, 0.15) is 5.75 Å². The molecule has 0 aliphatic heterocycles. The second-order valence-electron chi connectivity index (χ2n) is 9.98. The molecule has 4 aromatic rings. The van der Waals surface area contributed by atoms with E-state index in [1.807, 2.05) is 60.7 Å². The van der Waals surface area contributed by atoms with Gasteiger partial charge in [0, 0.05) is 12.0 Å². The Balaban J connectivity index is 0.00000506. The van der Waals surface area contributed by atoms with Crippen LogP contribution in [-0.2, 0) is 29.2 Å². The third-order valence-corrected chi connectivity index (χ3v) is 7.80. The van der Waals surface area contributed by atoms with E-state index in [0.717, 1.165) is 17.2 Å². The predicted octanol–water partition coefficient (Wildman–Crippen LogP) is 8.65. The molecule has 0 unspecified atom stereocenters. The Labute approximate surface area is 265 Å². The van der Waals surface area contributed by atoms with Gasteiger partial charge in [-0.25, -0.2) is 0 Å². The number of nitrogens with one attached hydrogen (secondary N) is 1. The Bertz CT molecular complexity index is 1450. The van der Waals surface area contributed by atoms with Gasteiger partial charge in [0.05, 0.1) is 28.6 Å². The average Bonchev–Trinajstić information content (AvgIpc) is 2.96. The lowest BCUT2D eigenvalue weighted by Gasteiger charge is -2.36. The van der Waals surface area contributed by atoms with Gasteiger partial charge < -0.3 is 15.2 Å². The van der Waals surface area contributed by atoms with Gasteiger partial charge >= 0.3 is 12.1 Å². The maximum atomic E-state index is 13.7. The van der Waals surface area contributed by atoms with E-state index in [0.29, 0.717) is 48.0 Å². The first kappa shape index (κ1) is 34.3. The normalized spacial score (nSPS) is 11.6. The zero-order valence-corrected chi connectivity index (χ0v) is 25.4. The maximum Gasteiger partial charge on any atom is 0.417 e.